The van der Waals surface area contributed by atoms with E-state index in [-0.39, 0.29) is 5.78 Å². The van der Waals surface area contributed by atoms with Gasteiger partial charge in [0.05, 0.1) is 0 Å². The largest absolute Gasteiger partial charge is 0.380 e. The second kappa shape index (κ2) is 4.73. The number of ketones is 1. The minimum absolute atomic E-state index is 0.207. The molecule has 0 bridgehead atoms. The smallest absolute Gasteiger partial charge is 0.195 e. The number of carbonyl (C=O) groups excluding carboxylic acids is 1. The van der Waals surface area contributed by atoms with Gasteiger partial charge in [-0.25, -0.2) is 0 Å². The molecule has 2 atom stereocenters. The van der Waals surface area contributed by atoms with Crippen LogP contribution in [0.15, 0.2) is 67.3 Å². The van der Waals surface area contributed by atoms with E-state index in [0.717, 1.165) is 11.1 Å². The molecule has 0 spiro atoms. The quantitative estimate of drug-likeness (QED) is 0.865. The number of hydrogen-bond acceptors (Lipinski definition) is 2. The van der Waals surface area contributed by atoms with E-state index >= 15 is 0 Å². The van der Waals surface area contributed by atoms with E-state index in [9.17, 15) is 9.90 Å². The summed E-state index contributed by atoms with van der Waals surface area (Å²) in [5.41, 5.74) is 1.01. The average molecular weight is 264 g/mol. The number of fused-ring (bicyclic) bond motifs is 1. The molecule has 2 aromatic rings. The van der Waals surface area contributed by atoms with E-state index in [1.807, 2.05) is 48.5 Å². The van der Waals surface area contributed by atoms with Crippen LogP contribution in [0, 0.1) is 0 Å². The first-order chi connectivity index (χ1) is 9.66. The van der Waals surface area contributed by atoms with Gasteiger partial charge in [0.15, 0.2) is 5.78 Å². The summed E-state index contributed by atoms with van der Waals surface area (Å²) in [6, 6.07) is 17.0. The number of Topliss-reactive ketones (excluding diaryl/α,β-unsaturated/α-hetero) is 1. The molecule has 0 heterocycles. The Morgan fingerprint density at radius 3 is 2.40 bits per heavy atom. The van der Waals surface area contributed by atoms with E-state index in [0.29, 0.717) is 12.0 Å². The summed E-state index contributed by atoms with van der Waals surface area (Å²) in [5, 5.41) is 11.0. The Morgan fingerprint density at radius 1 is 1.10 bits per heavy atom. The molecule has 2 aromatic carbocycles. The summed E-state index contributed by atoms with van der Waals surface area (Å²) < 4.78 is 0. The molecule has 0 amide bonds. The average Bonchev–Trinajstić information content (AvgIpc) is 2.74. The summed E-state index contributed by atoms with van der Waals surface area (Å²) in [5.74, 6) is -0.606. The van der Waals surface area contributed by atoms with Crippen molar-refractivity contribution >= 4 is 5.78 Å². The molecular formula is C18H16O2. The third-order valence-corrected chi connectivity index (χ3v) is 4.02. The lowest BCUT2D eigenvalue weighted by Crippen LogP contribution is -2.41. The highest BCUT2D eigenvalue weighted by molar-refractivity contribution is 6.07. The first kappa shape index (κ1) is 12.8. The van der Waals surface area contributed by atoms with Crippen LogP contribution in [0.3, 0.4) is 0 Å². The molecule has 2 heteroatoms. The maximum atomic E-state index is 12.6. The molecule has 3 rings (SSSR count). The summed E-state index contributed by atoms with van der Waals surface area (Å²) in [6.45, 7) is 3.81. The van der Waals surface area contributed by atoms with Crippen molar-refractivity contribution in [2.45, 2.75) is 17.9 Å². The van der Waals surface area contributed by atoms with Gasteiger partial charge < -0.3 is 5.11 Å². The lowest BCUT2D eigenvalue weighted by atomic mass is 9.79. The lowest BCUT2D eigenvalue weighted by molar-refractivity contribution is 0.0300. The lowest BCUT2D eigenvalue weighted by Gasteiger charge is -2.29. The van der Waals surface area contributed by atoms with Crippen molar-refractivity contribution in [3.8, 4) is 0 Å². The van der Waals surface area contributed by atoms with Crippen molar-refractivity contribution in [2.75, 3.05) is 0 Å². The van der Waals surface area contributed by atoms with E-state index in [2.05, 4.69) is 6.58 Å². The van der Waals surface area contributed by atoms with Crippen LogP contribution in [0.2, 0.25) is 0 Å². The van der Waals surface area contributed by atoms with Crippen LogP contribution in [-0.4, -0.2) is 16.5 Å². The zero-order valence-corrected chi connectivity index (χ0v) is 11.1. The topological polar surface area (TPSA) is 37.3 Å². The monoisotopic (exact) mass is 264 g/mol. The molecule has 2 nitrogen and oxygen atoms in total. The van der Waals surface area contributed by atoms with Gasteiger partial charge in [-0.05, 0) is 11.1 Å². The van der Waals surface area contributed by atoms with Crippen LogP contribution in [0.25, 0.3) is 0 Å². The third kappa shape index (κ3) is 1.81. The fourth-order valence-corrected chi connectivity index (χ4v) is 3.02. The van der Waals surface area contributed by atoms with Gasteiger partial charge in [0.1, 0.15) is 5.60 Å². The van der Waals surface area contributed by atoms with Gasteiger partial charge in [0.25, 0.3) is 0 Å². The van der Waals surface area contributed by atoms with Crippen molar-refractivity contribution in [3.05, 3.63) is 83.9 Å². The van der Waals surface area contributed by atoms with Crippen LogP contribution in [0.5, 0.6) is 0 Å². The Balaban J connectivity index is 2.06. The third-order valence-electron chi connectivity index (χ3n) is 4.02. The Bertz CT molecular complexity index is 660. The Morgan fingerprint density at radius 2 is 1.75 bits per heavy atom. The van der Waals surface area contributed by atoms with Crippen LogP contribution in [-0.2, 0) is 6.42 Å². The molecule has 1 aliphatic carbocycles. The van der Waals surface area contributed by atoms with E-state index in [1.165, 1.54) is 0 Å². The van der Waals surface area contributed by atoms with Crippen molar-refractivity contribution < 1.29 is 9.90 Å². The number of carbonyl (C=O) groups is 1. The first-order valence-electron chi connectivity index (χ1n) is 6.69. The second-order valence-electron chi connectivity index (χ2n) is 5.21. The Hall–Kier alpha value is -2.19. The van der Waals surface area contributed by atoms with E-state index in [1.54, 1.807) is 12.1 Å². The predicted molar refractivity (Wildman–Crippen MR) is 78.8 cm³/mol. The normalized spacial score (nSPS) is 22.4. The minimum atomic E-state index is -1.42. The number of hydrogen-bond donors (Lipinski definition) is 1. The highest BCUT2D eigenvalue weighted by atomic mass is 16.3. The molecule has 0 saturated heterocycles. The highest BCUT2D eigenvalue weighted by Crippen LogP contribution is 2.40. The predicted octanol–water partition coefficient (Wildman–Crippen LogP) is 3.13. The number of aliphatic hydroxyl groups is 1. The maximum Gasteiger partial charge on any atom is 0.195 e. The first-order valence-corrected chi connectivity index (χ1v) is 6.69. The van der Waals surface area contributed by atoms with Crippen LogP contribution < -0.4 is 0 Å². The minimum Gasteiger partial charge on any atom is -0.380 e. The zero-order chi connectivity index (χ0) is 14.2. The van der Waals surface area contributed by atoms with Crippen molar-refractivity contribution in [1.82, 2.24) is 0 Å². The van der Waals surface area contributed by atoms with Crippen LogP contribution in [0.1, 0.15) is 27.4 Å². The van der Waals surface area contributed by atoms with Crippen molar-refractivity contribution in [3.63, 3.8) is 0 Å². The van der Waals surface area contributed by atoms with Gasteiger partial charge in [-0.2, -0.15) is 0 Å². The second-order valence-corrected chi connectivity index (χ2v) is 5.21. The van der Waals surface area contributed by atoms with Gasteiger partial charge in [0.2, 0.25) is 0 Å². The Labute approximate surface area is 118 Å². The standard InChI is InChI=1S/C18H16O2/c1-2-16(13-8-4-3-5-9-13)18(20)12-14-10-6-7-11-15(14)17(18)19/h2-11,16,20H,1,12H2/t16-,18-/m0/s1. The molecule has 20 heavy (non-hydrogen) atoms. The molecule has 0 aromatic heterocycles. The van der Waals surface area contributed by atoms with Gasteiger partial charge in [-0.15, -0.1) is 6.58 Å². The molecular weight excluding hydrogens is 248 g/mol. The van der Waals surface area contributed by atoms with Crippen LogP contribution >= 0.6 is 0 Å². The summed E-state index contributed by atoms with van der Waals surface area (Å²) >= 11 is 0. The Kier molecular flexibility index (Phi) is 3.03. The van der Waals surface area contributed by atoms with Gasteiger partial charge in [0, 0.05) is 17.9 Å². The zero-order valence-electron chi connectivity index (χ0n) is 11.1. The summed E-state index contributed by atoms with van der Waals surface area (Å²) in [7, 11) is 0. The fourth-order valence-electron chi connectivity index (χ4n) is 3.02. The molecule has 0 aliphatic heterocycles. The maximum absolute atomic E-state index is 12.6. The van der Waals surface area contributed by atoms with Crippen molar-refractivity contribution in [2.24, 2.45) is 0 Å². The van der Waals surface area contributed by atoms with Gasteiger partial charge in [-0.3, -0.25) is 4.79 Å². The molecule has 0 saturated carbocycles. The molecule has 0 radical (unpaired) electrons. The molecule has 0 unspecified atom stereocenters. The fraction of sp³-hybridized carbons (Fsp3) is 0.167. The molecule has 1 N–H and O–H groups in total. The number of rotatable bonds is 3. The van der Waals surface area contributed by atoms with Crippen LogP contribution in [0.4, 0.5) is 0 Å². The SMILES string of the molecule is C=C[C@@H](c1ccccc1)[C@@]1(O)Cc2ccccc2C1=O. The molecule has 0 fully saturated rings. The van der Waals surface area contributed by atoms with E-state index < -0.39 is 11.5 Å². The molecule has 100 valence electrons. The van der Waals surface area contributed by atoms with Crippen molar-refractivity contribution in [1.29, 1.82) is 0 Å². The van der Waals surface area contributed by atoms with Gasteiger partial charge >= 0.3 is 0 Å². The summed E-state index contributed by atoms with van der Waals surface area (Å²) in [6.07, 6.45) is 2.01. The molecule has 1 aliphatic rings. The number of benzene rings is 2. The summed E-state index contributed by atoms with van der Waals surface area (Å²) in [4.78, 5) is 12.6. The van der Waals surface area contributed by atoms with E-state index in [4.69, 9.17) is 0 Å². The van der Waals surface area contributed by atoms with Gasteiger partial charge in [-0.1, -0.05) is 60.7 Å². The highest BCUT2D eigenvalue weighted by Gasteiger charge is 2.48.